The number of anilines is 2. The lowest BCUT2D eigenvalue weighted by Gasteiger charge is -2.45. The molecule has 2 heterocycles. The van der Waals surface area contributed by atoms with Crippen molar-refractivity contribution in [3.8, 4) is 0 Å². The molecule has 2 aromatic rings. The number of nitrogens with zero attached hydrogens (tertiary/aromatic N) is 2. The van der Waals surface area contributed by atoms with Crippen LogP contribution in [0, 0.1) is 12.3 Å². The van der Waals surface area contributed by atoms with Crippen molar-refractivity contribution in [1.82, 2.24) is 5.32 Å². The number of hydrogen-bond donors (Lipinski definition) is 1. The second-order valence-corrected chi connectivity index (χ2v) is 7.63. The van der Waals surface area contributed by atoms with Gasteiger partial charge in [-0.2, -0.15) is 0 Å². The van der Waals surface area contributed by atoms with Crippen molar-refractivity contribution in [1.29, 1.82) is 0 Å². The average molecular weight is 377 g/mol. The highest BCUT2D eigenvalue weighted by Crippen LogP contribution is 2.41. The summed E-state index contributed by atoms with van der Waals surface area (Å²) in [5.41, 5.74) is 3.11. The number of amides is 4. The molecule has 28 heavy (non-hydrogen) atoms. The third kappa shape index (κ3) is 2.59. The van der Waals surface area contributed by atoms with Crippen molar-refractivity contribution in [2.75, 3.05) is 23.4 Å². The summed E-state index contributed by atoms with van der Waals surface area (Å²) in [6.07, 6.45) is 0.952. The minimum atomic E-state index is -1.33. The Morgan fingerprint density at radius 1 is 1.07 bits per heavy atom. The van der Waals surface area contributed by atoms with E-state index in [1.165, 1.54) is 0 Å². The summed E-state index contributed by atoms with van der Waals surface area (Å²) in [6, 6.07) is 12.7. The molecule has 0 unspecified atom stereocenters. The largest absolute Gasteiger partial charge is 0.373 e. The van der Waals surface area contributed by atoms with E-state index in [1.54, 1.807) is 12.1 Å². The smallest absolute Gasteiger partial charge is 0.335 e. The average Bonchev–Trinajstić information content (AvgIpc) is 2.66. The van der Waals surface area contributed by atoms with Gasteiger partial charge < -0.3 is 4.90 Å². The van der Waals surface area contributed by atoms with Crippen molar-refractivity contribution < 1.29 is 14.4 Å². The van der Waals surface area contributed by atoms with Crippen LogP contribution in [0.15, 0.2) is 42.5 Å². The molecule has 2 aliphatic rings. The second kappa shape index (κ2) is 6.48. The molecule has 4 rings (SSSR count). The zero-order valence-electron chi connectivity index (χ0n) is 16.3. The first-order chi connectivity index (χ1) is 13.4. The number of benzene rings is 2. The summed E-state index contributed by atoms with van der Waals surface area (Å²) in [5.74, 6) is -0.979. The fourth-order valence-electron chi connectivity index (χ4n) is 4.32. The van der Waals surface area contributed by atoms with Crippen LogP contribution in [0.2, 0.25) is 0 Å². The van der Waals surface area contributed by atoms with Crippen LogP contribution in [0.3, 0.4) is 0 Å². The van der Waals surface area contributed by atoms with E-state index in [0.717, 1.165) is 27.3 Å². The lowest BCUT2D eigenvalue weighted by molar-refractivity contribution is -0.142. The normalized spacial score (nSPS) is 21.8. The van der Waals surface area contributed by atoms with E-state index in [1.807, 2.05) is 56.1 Å². The van der Waals surface area contributed by atoms with Gasteiger partial charge in [0.1, 0.15) is 0 Å². The molecule has 0 aliphatic carbocycles. The van der Waals surface area contributed by atoms with Crippen LogP contribution in [0.25, 0.3) is 0 Å². The van der Waals surface area contributed by atoms with Gasteiger partial charge in [0.25, 0.3) is 5.91 Å². The fourth-order valence-corrected chi connectivity index (χ4v) is 4.32. The van der Waals surface area contributed by atoms with Gasteiger partial charge in [-0.3, -0.25) is 14.9 Å². The Kier molecular flexibility index (Phi) is 4.22. The fraction of sp³-hybridized carbons (Fsp3) is 0.318. The molecule has 2 aromatic carbocycles. The number of fused-ring (bicyclic) bond motifs is 1. The van der Waals surface area contributed by atoms with Crippen LogP contribution in [0.4, 0.5) is 16.2 Å². The molecule has 1 atom stereocenters. The van der Waals surface area contributed by atoms with Crippen LogP contribution < -0.4 is 15.1 Å². The maximum Gasteiger partial charge on any atom is 0.335 e. The van der Waals surface area contributed by atoms with E-state index in [9.17, 15) is 14.4 Å². The van der Waals surface area contributed by atoms with Crippen molar-refractivity contribution in [2.24, 2.45) is 5.41 Å². The molecule has 1 spiro atoms. The molecule has 0 aromatic heterocycles. The molecule has 6 nitrogen and oxygen atoms in total. The van der Waals surface area contributed by atoms with Gasteiger partial charge in [0.15, 0.2) is 5.41 Å². The number of barbiturate groups is 1. The lowest BCUT2D eigenvalue weighted by atomic mass is 9.74. The topological polar surface area (TPSA) is 69.7 Å². The van der Waals surface area contributed by atoms with Crippen molar-refractivity contribution >= 4 is 29.2 Å². The first-order valence-electron chi connectivity index (χ1n) is 9.46. The summed E-state index contributed by atoms with van der Waals surface area (Å²) in [5, 5.41) is 2.44. The van der Waals surface area contributed by atoms with Gasteiger partial charge in [0.2, 0.25) is 5.91 Å². The summed E-state index contributed by atoms with van der Waals surface area (Å²) in [7, 11) is 1.87. The molecule has 4 amide bonds. The maximum atomic E-state index is 13.6. The molecule has 6 heteroatoms. The Labute approximate surface area is 164 Å². The number of carbonyl (C=O) groups is 3. The zero-order valence-corrected chi connectivity index (χ0v) is 16.3. The number of aryl methyl sites for hydroxylation is 2. The Bertz CT molecular complexity index is 1000. The van der Waals surface area contributed by atoms with E-state index in [2.05, 4.69) is 5.32 Å². The van der Waals surface area contributed by atoms with Crippen LogP contribution in [0.1, 0.15) is 23.6 Å². The highest BCUT2D eigenvalue weighted by atomic mass is 16.2. The number of para-hydroxylation sites is 1. The van der Waals surface area contributed by atoms with Gasteiger partial charge in [-0.05, 0) is 43.0 Å². The van der Waals surface area contributed by atoms with Crippen molar-refractivity contribution in [3.63, 3.8) is 0 Å². The van der Waals surface area contributed by atoms with E-state index in [4.69, 9.17) is 0 Å². The number of nitrogens with one attached hydrogen (secondary N) is 1. The molecule has 0 bridgehead atoms. The van der Waals surface area contributed by atoms with Gasteiger partial charge in [-0.1, -0.05) is 42.8 Å². The van der Waals surface area contributed by atoms with Gasteiger partial charge in [-0.25, -0.2) is 9.69 Å². The molecule has 1 fully saturated rings. The standard InChI is InChI=1S/C22H23N3O3/c1-4-15-7-5-6-8-18(15)25-20(27)22(19(26)23-21(25)28)12-16-11-14(2)9-10-17(16)24(3)13-22/h5-11H,4,12-13H2,1-3H3,(H,23,26,28)/t22-/m1/s1. The Balaban J connectivity index is 1.82. The SMILES string of the molecule is CCc1ccccc1N1C(=O)NC(=O)[C@]2(Cc3cc(C)ccc3N(C)C2)C1=O. The number of imide groups is 2. The van der Waals surface area contributed by atoms with Gasteiger partial charge in [0, 0.05) is 19.3 Å². The second-order valence-electron chi connectivity index (χ2n) is 7.63. The third-order valence-electron chi connectivity index (χ3n) is 5.73. The predicted molar refractivity (Wildman–Crippen MR) is 107 cm³/mol. The Morgan fingerprint density at radius 3 is 2.57 bits per heavy atom. The monoisotopic (exact) mass is 377 g/mol. The van der Waals surface area contributed by atoms with E-state index >= 15 is 0 Å². The molecule has 0 saturated carbocycles. The van der Waals surface area contributed by atoms with E-state index < -0.39 is 23.3 Å². The molecule has 144 valence electrons. The van der Waals surface area contributed by atoms with Crippen molar-refractivity contribution in [3.05, 3.63) is 59.2 Å². The molecule has 1 N–H and O–H groups in total. The zero-order chi connectivity index (χ0) is 20.1. The van der Waals surface area contributed by atoms with E-state index in [0.29, 0.717) is 12.1 Å². The molecule has 1 saturated heterocycles. The number of carbonyl (C=O) groups excluding carboxylic acids is 3. The van der Waals surface area contributed by atoms with Crippen LogP contribution in [0.5, 0.6) is 0 Å². The summed E-state index contributed by atoms with van der Waals surface area (Å²) in [6.45, 7) is 4.18. The number of hydrogen-bond acceptors (Lipinski definition) is 4. The van der Waals surface area contributed by atoms with Gasteiger partial charge >= 0.3 is 6.03 Å². The predicted octanol–water partition coefficient (Wildman–Crippen LogP) is 2.82. The highest BCUT2D eigenvalue weighted by molar-refractivity contribution is 6.30. The minimum Gasteiger partial charge on any atom is -0.373 e. The molecule has 0 radical (unpaired) electrons. The quantitative estimate of drug-likeness (QED) is 0.817. The lowest BCUT2D eigenvalue weighted by Crippen LogP contribution is -2.68. The maximum absolute atomic E-state index is 13.6. The van der Waals surface area contributed by atoms with Gasteiger partial charge in [0.05, 0.1) is 5.69 Å². The van der Waals surface area contributed by atoms with Crippen LogP contribution >= 0.6 is 0 Å². The summed E-state index contributed by atoms with van der Waals surface area (Å²) >= 11 is 0. The number of rotatable bonds is 2. The molecular formula is C22H23N3O3. The van der Waals surface area contributed by atoms with E-state index in [-0.39, 0.29) is 13.0 Å². The summed E-state index contributed by atoms with van der Waals surface area (Å²) < 4.78 is 0. The Morgan fingerprint density at radius 2 is 1.82 bits per heavy atom. The van der Waals surface area contributed by atoms with Crippen LogP contribution in [-0.4, -0.2) is 31.4 Å². The summed E-state index contributed by atoms with van der Waals surface area (Å²) in [4.78, 5) is 42.3. The van der Waals surface area contributed by atoms with Gasteiger partial charge in [-0.15, -0.1) is 0 Å². The molecular weight excluding hydrogens is 354 g/mol. The van der Waals surface area contributed by atoms with Crippen LogP contribution in [-0.2, 0) is 22.4 Å². The number of urea groups is 1. The highest BCUT2D eigenvalue weighted by Gasteiger charge is 2.56. The first-order valence-corrected chi connectivity index (χ1v) is 9.46. The third-order valence-corrected chi connectivity index (χ3v) is 5.73. The minimum absolute atomic E-state index is 0.228. The molecule has 2 aliphatic heterocycles. The van der Waals surface area contributed by atoms with Crippen molar-refractivity contribution in [2.45, 2.75) is 26.7 Å². The Hall–Kier alpha value is -3.15. The first kappa shape index (κ1) is 18.2.